The van der Waals surface area contributed by atoms with Gasteiger partial charge in [0.05, 0.1) is 6.10 Å². The van der Waals surface area contributed by atoms with E-state index in [0.29, 0.717) is 6.10 Å². The Hall–Kier alpha value is -0.160. The highest BCUT2D eigenvalue weighted by Crippen LogP contribution is 2.28. The van der Waals surface area contributed by atoms with Crippen LogP contribution in [0.15, 0.2) is 0 Å². The zero-order valence-corrected chi connectivity index (χ0v) is 10.6. The lowest BCUT2D eigenvalue weighted by molar-refractivity contribution is 0.0407. The SMILES string of the molecule is CC1CN(C2(CN)CCN(C)C2)CCCO1. The standard InChI is InChI=1S/C12H25N3O/c1-11-8-15(5-3-7-16-11)12(9-13)4-6-14(2)10-12/h11H,3-10,13H2,1-2H3. The zero-order valence-electron chi connectivity index (χ0n) is 10.6. The number of hydrogen-bond acceptors (Lipinski definition) is 4. The van der Waals surface area contributed by atoms with Crippen molar-refractivity contribution in [2.45, 2.75) is 31.4 Å². The van der Waals surface area contributed by atoms with Gasteiger partial charge in [0, 0.05) is 38.3 Å². The minimum Gasteiger partial charge on any atom is -0.377 e. The Balaban J connectivity index is 2.07. The van der Waals surface area contributed by atoms with Crippen LogP contribution < -0.4 is 5.73 Å². The highest BCUT2D eigenvalue weighted by molar-refractivity contribution is 5.00. The van der Waals surface area contributed by atoms with Crippen molar-refractivity contribution >= 4 is 0 Å². The van der Waals surface area contributed by atoms with Crippen molar-refractivity contribution in [3.63, 3.8) is 0 Å². The second-order valence-electron chi connectivity index (χ2n) is 5.40. The smallest absolute Gasteiger partial charge is 0.0674 e. The van der Waals surface area contributed by atoms with E-state index in [9.17, 15) is 0 Å². The van der Waals surface area contributed by atoms with Crippen LogP contribution >= 0.6 is 0 Å². The number of likely N-dealkylation sites (tertiary alicyclic amines) is 1. The Morgan fingerprint density at radius 1 is 1.44 bits per heavy atom. The molecule has 2 N–H and O–H groups in total. The predicted molar refractivity (Wildman–Crippen MR) is 65.5 cm³/mol. The van der Waals surface area contributed by atoms with Gasteiger partial charge >= 0.3 is 0 Å². The van der Waals surface area contributed by atoms with Gasteiger partial charge in [0.25, 0.3) is 0 Å². The maximum atomic E-state index is 6.05. The number of hydrogen-bond donors (Lipinski definition) is 1. The van der Waals surface area contributed by atoms with E-state index in [1.807, 2.05) is 0 Å². The third kappa shape index (κ3) is 2.40. The molecule has 2 rings (SSSR count). The Bertz CT molecular complexity index is 236. The molecule has 0 radical (unpaired) electrons. The molecule has 0 amide bonds. The van der Waals surface area contributed by atoms with Gasteiger partial charge in [0.2, 0.25) is 0 Å². The Kier molecular flexibility index (Phi) is 3.85. The molecular formula is C12H25N3O. The number of ether oxygens (including phenoxy) is 1. The van der Waals surface area contributed by atoms with E-state index in [0.717, 1.165) is 39.2 Å². The van der Waals surface area contributed by atoms with Gasteiger partial charge in [-0.25, -0.2) is 0 Å². The summed E-state index contributed by atoms with van der Waals surface area (Å²) in [5, 5.41) is 0. The van der Waals surface area contributed by atoms with Crippen LogP contribution in [0.25, 0.3) is 0 Å². The number of nitrogens with zero attached hydrogens (tertiary/aromatic N) is 2. The molecule has 0 saturated carbocycles. The fourth-order valence-electron chi connectivity index (χ4n) is 3.04. The second kappa shape index (κ2) is 5.00. The second-order valence-corrected chi connectivity index (χ2v) is 5.40. The Morgan fingerprint density at radius 2 is 2.25 bits per heavy atom. The molecule has 0 bridgehead atoms. The fraction of sp³-hybridized carbons (Fsp3) is 1.00. The summed E-state index contributed by atoms with van der Waals surface area (Å²) < 4.78 is 5.71. The average Bonchev–Trinajstić information content (AvgIpc) is 2.52. The molecule has 0 aromatic rings. The van der Waals surface area contributed by atoms with Crippen LogP contribution in [0.4, 0.5) is 0 Å². The van der Waals surface area contributed by atoms with E-state index in [1.54, 1.807) is 0 Å². The van der Waals surface area contributed by atoms with E-state index in [2.05, 4.69) is 23.8 Å². The summed E-state index contributed by atoms with van der Waals surface area (Å²) in [5.74, 6) is 0. The summed E-state index contributed by atoms with van der Waals surface area (Å²) in [7, 11) is 2.19. The maximum absolute atomic E-state index is 6.05. The van der Waals surface area contributed by atoms with Crippen LogP contribution in [0.1, 0.15) is 19.8 Å². The zero-order chi connectivity index (χ0) is 11.6. The predicted octanol–water partition coefficient (Wildman–Crippen LogP) is 0.130. The van der Waals surface area contributed by atoms with E-state index >= 15 is 0 Å². The molecule has 16 heavy (non-hydrogen) atoms. The Labute approximate surface area is 98.7 Å². The molecule has 2 heterocycles. The first-order chi connectivity index (χ1) is 7.66. The van der Waals surface area contributed by atoms with Crippen LogP contribution in [0.5, 0.6) is 0 Å². The first-order valence-corrected chi connectivity index (χ1v) is 6.41. The first-order valence-electron chi connectivity index (χ1n) is 6.41. The minimum absolute atomic E-state index is 0.205. The van der Waals surface area contributed by atoms with Gasteiger partial charge in [0.1, 0.15) is 0 Å². The van der Waals surface area contributed by atoms with Crippen LogP contribution in [-0.4, -0.2) is 67.8 Å². The van der Waals surface area contributed by atoms with Crippen molar-refractivity contribution in [2.24, 2.45) is 5.73 Å². The van der Waals surface area contributed by atoms with Gasteiger partial charge in [-0.05, 0) is 33.4 Å². The van der Waals surface area contributed by atoms with Crippen molar-refractivity contribution in [2.75, 3.05) is 46.4 Å². The van der Waals surface area contributed by atoms with Gasteiger partial charge in [-0.2, -0.15) is 0 Å². The van der Waals surface area contributed by atoms with Gasteiger partial charge < -0.3 is 15.4 Å². The molecule has 2 saturated heterocycles. The van der Waals surface area contributed by atoms with Crippen LogP contribution in [0.3, 0.4) is 0 Å². The fourth-order valence-corrected chi connectivity index (χ4v) is 3.04. The van der Waals surface area contributed by atoms with Crippen molar-refractivity contribution < 1.29 is 4.74 Å². The normalized spacial score (nSPS) is 38.8. The van der Waals surface area contributed by atoms with Gasteiger partial charge in [-0.3, -0.25) is 4.90 Å². The summed E-state index contributed by atoms with van der Waals surface area (Å²) >= 11 is 0. The molecule has 2 aliphatic heterocycles. The largest absolute Gasteiger partial charge is 0.377 e. The highest BCUT2D eigenvalue weighted by atomic mass is 16.5. The van der Waals surface area contributed by atoms with Gasteiger partial charge in [0.15, 0.2) is 0 Å². The van der Waals surface area contributed by atoms with E-state index in [4.69, 9.17) is 10.5 Å². The molecule has 2 fully saturated rings. The number of likely N-dealkylation sites (N-methyl/N-ethyl adjacent to an activating group) is 1. The van der Waals surface area contributed by atoms with E-state index in [1.165, 1.54) is 13.0 Å². The van der Waals surface area contributed by atoms with Crippen molar-refractivity contribution in [1.82, 2.24) is 9.80 Å². The molecule has 0 aromatic carbocycles. The maximum Gasteiger partial charge on any atom is 0.0674 e. The van der Waals surface area contributed by atoms with Crippen LogP contribution in [0, 0.1) is 0 Å². The lowest BCUT2D eigenvalue weighted by Gasteiger charge is -2.40. The van der Waals surface area contributed by atoms with E-state index in [-0.39, 0.29) is 5.54 Å². The topological polar surface area (TPSA) is 41.7 Å². The molecular weight excluding hydrogens is 202 g/mol. The summed E-state index contributed by atoms with van der Waals surface area (Å²) in [6.45, 7) is 8.28. The van der Waals surface area contributed by atoms with Crippen LogP contribution in [-0.2, 0) is 4.74 Å². The van der Waals surface area contributed by atoms with Crippen LogP contribution in [0.2, 0.25) is 0 Å². The number of rotatable bonds is 2. The van der Waals surface area contributed by atoms with E-state index < -0.39 is 0 Å². The number of nitrogens with two attached hydrogens (primary N) is 1. The summed E-state index contributed by atoms with van der Waals surface area (Å²) in [6, 6.07) is 0. The summed E-state index contributed by atoms with van der Waals surface area (Å²) in [4.78, 5) is 4.97. The summed E-state index contributed by atoms with van der Waals surface area (Å²) in [5.41, 5.74) is 6.25. The molecule has 2 unspecified atom stereocenters. The molecule has 2 atom stereocenters. The average molecular weight is 227 g/mol. The molecule has 4 nitrogen and oxygen atoms in total. The van der Waals surface area contributed by atoms with Crippen molar-refractivity contribution in [3.05, 3.63) is 0 Å². The molecule has 0 aromatic heterocycles. The first kappa shape index (κ1) is 12.3. The Morgan fingerprint density at radius 3 is 2.88 bits per heavy atom. The third-order valence-corrected chi connectivity index (χ3v) is 4.03. The molecule has 0 spiro atoms. The molecule has 2 aliphatic rings. The van der Waals surface area contributed by atoms with Crippen molar-refractivity contribution in [1.29, 1.82) is 0 Å². The minimum atomic E-state index is 0.205. The van der Waals surface area contributed by atoms with Gasteiger partial charge in [-0.1, -0.05) is 0 Å². The summed E-state index contributed by atoms with van der Waals surface area (Å²) in [6.07, 6.45) is 2.68. The molecule has 0 aliphatic carbocycles. The highest BCUT2D eigenvalue weighted by Gasteiger charge is 2.41. The monoisotopic (exact) mass is 227 g/mol. The third-order valence-electron chi connectivity index (χ3n) is 4.03. The van der Waals surface area contributed by atoms with Crippen molar-refractivity contribution in [3.8, 4) is 0 Å². The molecule has 4 heteroatoms. The quantitative estimate of drug-likeness (QED) is 0.728. The lowest BCUT2D eigenvalue weighted by Crippen LogP contribution is -2.57. The van der Waals surface area contributed by atoms with Gasteiger partial charge in [-0.15, -0.1) is 0 Å². The lowest BCUT2D eigenvalue weighted by atomic mass is 9.95. The molecule has 94 valence electrons.